The summed E-state index contributed by atoms with van der Waals surface area (Å²) >= 11 is 0. The molecule has 2 aromatic heterocycles. The lowest BCUT2D eigenvalue weighted by atomic mass is 10.2. The van der Waals surface area contributed by atoms with Gasteiger partial charge in [-0.2, -0.15) is 10.2 Å². The van der Waals surface area contributed by atoms with Crippen molar-refractivity contribution < 1.29 is 13.9 Å². The summed E-state index contributed by atoms with van der Waals surface area (Å²) in [5.74, 6) is -1.13. The number of aryl methyl sites for hydroxylation is 1. The van der Waals surface area contributed by atoms with Gasteiger partial charge in [0.25, 0.3) is 0 Å². The van der Waals surface area contributed by atoms with Crippen molar-refractivity contribution in [1.82, 2.24) is 24.5 Å². The molecule has 0 aliphatic heterocycles. The van der Waals surface area contributed by atoms with Crippen molar-refractivity contribution in [1.29, 1.82) is 0 Å². The molecule has 7 nitrogen and oxygen atoms in total. The van der Waals surface area contributed by atoms with Gasteiger partial charge in [-0.05, 0) is 24.3 Å². The molecule has 0 amide bonds. The minimum absolute atomic E-state index is 0.158. The van der Waals surface area contributed by atoms with Crippen LogP contribution in [0.25, 0.3) is 5.69 Å². The molecule has 8 heteroatoms. The molecule has 3 rings (SSSR count). The van der Waals surface area contributed by atoms with E-state index in [-0.39, 0.29) is 17.9 Å². The Labute approximate surface area is 131 Å². The summed E-state index contributed by atoms with van der Waals surface area (Å²) in [5.41, 5.74) is 0.378. The van der Waals surface area contributed by atoms with Gasteiger partial charge in [0.2, 0.25) is 0 Å². The van der Waals surface area contributed by atoms with Crippen LogP contribution in [0.4, 0.5) is 4.39 Å². The van der Waals surface area contributed by atoms with Crippen LogP contribution in [0.3, 0.4) is 0 Å². The summed E-state index contributed by atoms with van der Waals surface area (Å²) < 4.78 is 22.2. The van der Waals surface area contributed by atoms with E-state index in [9.17, 15) is 9.18 Å². The summed E-state index contributed by atoms with van der Waals surface area (Å²) in [6, 6.07) is 5.92. The molecule has 0 fully saturated rings. The number of esters is 1. The van der Waals surface area contributed by atoms with Crippen LogP contribution < -0.4 is 0 Å². The Balaban J connectivity index is 1.56. The lowest BCUT2D eigenvalue weighted by Crippen LogP contribution is -2.10. The van der Waals surface area contributed by atoms with E-state index in [1.807, 2.05) is 12.3 Å². The van der Waals surface area contributed by atoms with Crippen LogP contribution >= 0.6 is 0 Å². The summed E-state index contributed by atoms with van der Waals surface area (Å²) in [7, 11) is 0. The second kappa shape index (κ2) is 6.82. The number of benzene rings is 1. The fraction of sp³-hybridized carbons (Fsp3) is 0.200. The van der Waals surface area contributed by atoms with Gasteiger partial charge in [-0.3, -0.25) is 4.68 Å². The fourth-order valence-electron chi connectivity index (χ4n) is 2.06. The maximum Gasteiger partial charge on any atom is 0.338 e. The van der Waals surface area contributed by atoms with Crippen molar-refractivity contribution in [3.63, 3.8) is 0 Å². The van der Waals surface area contributed by atoms with E-state index in [0.717, 1.165) is 6.07 Å². The number of halogens is 1. The van der Waals surface area contributed by atoms with Crippen molar-refractivity contribution in [3.8, 4) is 5.69 Å². The second-order valence-corrected chi connectivity index (χ2v) is 4.76. The molecule has 23 heavy (non-hydrogen) atoms. The molecule has 0 radical (unpaired) electrons. The quantitative estimate of drug-likeness (QED) is 0.512. The molecule has 0 N–H and O–H groups in total. The van der Waals surface area contributed by atoms with Gasteiger partial charge in [-0.15, -0.1) is 0 Å². The van der Waals surface area contributed by atoms with Gasteiger partial charge < -0.3 is 4.74 Å². The number of carbonyl (C=O) groups is 1. The van der Waals surface area contributed by atoms with Crippen molar-refractivity contribution >= 4 is 5.97 Å². The van der Waals surface area contributed by atoms with E-state index < -0.39 is 11.8 Å². The zero-order chi connectivity index (χ0) is 16.1. The van der Waals surface area contributed by atoms with Gasteiger partial charge in [0.15, 0.2) is 0 Å². The van der Waals surface area contributed by atoms with E-state index in [0.29, 0.717) is 13.0 Å². The smallest absolute Gasteiger partial charge is 0.338 e. The van der Waals surface area contributed by atoms with Gasteiger partial charge in [-0.25, -0.2) is 18.9 Å². The van der Waals surface area contributed by atoms with Crippen LogP contribution in [0.15, 0.2) is 49.3 Å². The van der Waals surface area contributed by atoms with Crippen LogP contribution in [0.1, 0.15) is 16.8 Å². The van der Waals surface area contributed by atoms with Crippen molar-refractivity contribution in [2.75, 3.05) is 6.61 Å². The average Bonchev–Trinajstić information content (AvgIpc) is 3.24. The van der Waals surface area contributed by atoms with Gasteiger partial charge in [0.1, 0.15) is 24.2 Å². The molecule has 0 saturated carbocycles. The Kier molecular flexibility index (Phi) is 4.41. The van der Waals surface area contributed by atoms with Crippen molar-refractivity contribution in [2.45, 2.75) is 13.0 Å². The number of aromatic nitrogens is 5. The maximum absolute atomic E-state index is 14.0. The highest BCUT2D eigenvalue weighted by Gasteiger charge is 2.12. The number of ether oxygens (including phenoxy) is 1. The predicted molar refractivity (Wildman–Crippen MR) is 78.4 cm³/mol. The minimum atomic E-state index is -0.568. The standard InChI is InChI=1S/C15H14FN5O2/c16-13-9-12(3-4-14(13)21-11-17-10-19-21)15(22)23-8-2-7-20-6-1-5-18-20/h1,3-6,9-11H,2,7-8H2. The molecule has 0 saturated heterocycles. The van der Waals surface area contributed by atoms with Crippen LogP contribution in [0, 0.1) is 5.82 Å². The predicted octanol–water partition coefficient (Wildman–Crippen LogP) is 1.85. The number of carbonyl (C=O) groups excluding carboxylic acids is 1. The molecular weight excluding hydrogens is 301 g/mol. The Morgan fingerprint density at radius 1 is 1.30 bits per heavy atom. The summed E-state index contributed by atoms with van der Waals surface area (Å²) in [6.07, 6.45) is 6.84. The molecule has 118 valence electrons. The van der Waals surface area contributed by atoms with Gasteiger partial charge in [0, 0.05) is 25.4 Å². The average molecular weight is 315 g/mol. The first-order chi connectivity index (χ1) is 11.2. The largest absolute Gasteiger partial charge is 0.462 e. The third-order valence-electron chi connectivity index (χ3n) is 3.17. The lowest BCUT2D eigenvalue weighted by molar-refractivity contribution is 0.0494. The minimum Gasteiger partial charge on any atom is -0.462 e. The van der Waals surface area contributed by atoms with E-state index in [2.05, 4.69) is 15.2 Å². The molecule has 0 aliphatic rings. The zero-order valence-corrected chi connectivity index (χ0v) is 12.2. The van der Waals surface area contributed by atoms with Crippen molar-refractivity contribution in [3.05, 3.63) is 60.7 Å². The SMILES string of the molecule is O=C(OCCCn1cccn1)c1ccc(-n2cncn2)c(F)c1. The maximum atomic E-state index is 14.0. The third-order valence-corrected chi connectivity index (χ3v) is 3.17. The topological polar surface area (TPSA) is 74.8 Å². The summed E-state index contributed by atoms with van der Waals surface area (Å²) in [5, 5.41) is 7.90. The normalized spacial score (nSPS) is 10.7. The van der Waals surface area contributed by atoms with Crippen LogP contribution in [0.5, 0.6) is 0 Å². The molecular formula is C15H14FN5O2. The zero-order valence-electron chi connectivity index (χ0n) is 12.2. The monoisotopic (exact) mass is 315 g/mol. The molecule has 2 heterocycles. The molecule has 3 aromatic rings. The van der Waals surface area contributed by atoms with E-state index in [4.69, 9.17) is 4.74 Å². The lowest BCUT2D eigenvalue weighted by Gasteiger charge is -2.07. The molecule has 0 unspecified atom stereocenters. The van der Waals surface area contributed by atoms with Gasteiger partial charge in [0.05, 0.1) is 12.2 Å². The molecule has 0 atom stereocenters. The van der Waals surface area contributed by atoms with Crippen LogP contribution in [-0.2, 0) is 11.3 Å². The number of hydrogen-bond donors (Lipinski definition) is 0. The highest BCUT2D eigenvalue weighted by molar-refractivity contribution is 5.89. The van der Waals surface area contributed by atoms with Crippen LogP contribution in [-0.4, -0.2) is 37.1 Å². The first kappa shape index (κ1) is 14.9. The number of nitrogens with zero attached hydrogens (tertiary/aromatic N) is 5. The van der Waals surface area contributed by atoms with E-state index in [1.54, 1.807) is 10.9 Å². The first-order valence-electron chi connectivity index (χ1n) is 7.03. The highest BCUT2D eigenvalue weighted by Crippen LogP contribution is 2.14. The molecule has 0 bridgehead atoms. The molecule has 0 spiro atoms. The van der Waals surface area contributed by atoms with Crippen molar-refractivity contribution in [2.24, 2.45) is 0 Å². The fourth-order valence-corrected chi connectivity index (χ4v) is 2.06. The Morgan fingerprint density at radius 3 is 2.91 bits per heavy atom. The Morgan fingerprint density at radius 2 is 2.22 bits per heavy atom. The molecule has 1 aromatic carbocycles. The third kappa shape index (κ3) is 3.60. The number of rotatable bonds is 6. The summed E-state index contributed by atoms with van der Waals surface area (Å²) in [6.45, 7) is 0.894. The Hall–Kier alpha value is -3.03. The van der Waals surface area contributed by atoms with Gasteiger partial charge >= 0.3 is 5.97 Å². The Bertz CT molecular complexity index is 771. The summed E-state index contributed by atoms with van der Waals surface area (Å²) in [4.78, 5) is 15.7. The highest BCUT2D eigenvalue weighted by atomic mass is 19.1. The van der Waals surface area contributed by atoms with E-state index >= 15 is 0 Å². The van der Waals surface area contributed by atoms with Crippen LogP contribution in [0.2, 0.25) is 0 Å². The van der Waals surface area contributed by atoms with E-state index in [1.165, 1.54) is 29.5 Å². The second-order valence-electron chi connectivity index (χ2n) is 4.76. The van der Waals surface area contributed by atoms with Gasteiger partial charge in [-0.1, -0.05) is 0 Å². The molecule has 0 aliphatic carbocycles. The number of hydrogen-bond acceptors (Lipinski definition) is 5. The first-order valence-corrected chi connectivity index (χ1v) is 7.03.